The summed E-state index contributed by atoms with van der Waals surface area (Å²) >= 11 is 0. The quantitative estimate of drug-likeness (QED) is 0.781. The highest BCUT2D eigenvalue weighted by Gasteiger charge is 2.37. The van der Waals surface area contributed by atoms with Crippen molar-refractivity contribution in [2.75, 3.05) is 0 Å². The molecule has 0 saturated carbocycles. The second-order valence-electron chi connectivity index (χ2n) is 3.93. The van der Waals surface area contributed by atoms with Crippen LogP contribution in [0.4, 0.5) is 17.6 Å². The zero-order valence-electron chi connectivity index (χ0n) is 9.60. The normalized spacial score (nSPS) is 12.1. The standard InChI is InChI=1S/C11H8F4N2O2/c1-4-6(11(13,14)15)10(19)17-9-7(12)5(3-18)2-16-8(4)9/h2,18H,3H2,1H3,(H,17,19). The summed E-state index contributed by atoms with van der Waals surface area (Å²) < 4.78 is 51.9. The van der Waals surface area contributed by atoms with E-state index in [1.165, 1.54) is 0 Å². The molecule has 0 radical (unpaired) electrons. The predicted octanol–water partition coefficient (Wildman–Crippen LogP) is 1.88. The summed E-state index contributed by atoms with van der Waals surface area (Å²) in [6, 6.07) is 0. The van der Waals surface area contributed by atoms with Gasteiger partial charge >= 0.3 is 6.18 Å². The molecule has 4 nitrogen and oxygen atoms in total. The Morgan fingerprint density at radius 3 is 2.58 bits per heavy atom. The lowest BCUT2D eigenvalue weighted by Crippen LogP contribution is -2.24. The van der Waals surface area contributed by atoms with Crippen LogP contribution in [0, 0.1) is 12.7 Å². The van der Waals surface area contributed by atoms with E-state index in [0.717, 1.165) is 13.1 Å². The van der Waals surface area contributed by atoms with E-state index in [1.54, 1.807) is 0 Å². The third-order valence-electron chi connectivity index (χ3n) is 2.74. The highest BCUT2D eigenvalue weighted by atomic mass is 19.4. The van der Waals surface area contributed by atoms with Gasteiger partial charge in [-0.25, -0.2) is 4.39 Å². The lowest BCUT2D eigenvalue weighted by Gasteiger charge is -2.12. The molecule has 0 spiro atoms. The molecule has 0 aliphatic carbocycles. The number of alkyl halides is 3. The van der Waals surface area contributed by atoms with Crippen LogP contribution in [0.2, 0.25) is 0 Å². The Morgan fingerprint density at radius 2 is 2.05 bits per heavy atom. The molecule has 2 aromatic rings. The summed E-state index contributed by atoms with van der Waals surface area (Å²) in [4.78, 5) is 16.9. The first-order chi connectivity index (χ1) is 8.77. The third-order valence-corrected chi connectivity index (χ3v) is 2.74. The summed E-state index contributed by atoms with van der Waals surface area (Å²) in [7, 11) is 0. The van der Waals surface area contributed by atoms with Crippen molar-refractivity contribution in [3.05, 3.63) is 39.1 Å². The van der Waals surface area contributed by atoms with Crippen LogP contribution in [-0.2, 0) is 12.8 Å². The minimum atomic E-state index is -4.85. The third kappa shape index (κ3) is 2.07. The number of pyridine rings is 2. The number of aromatic nitrogens is 2. The van der Waals surface area contributed by atoms with Crippen LogP contribution in [0.5, 0.6) is 0 Å². The molecular formula is C11H8F4N2O2. The van der Waals surface area contributed by atoms with Gasteiger partial charge in [0, 0.05) is 11.8 Å². The molecule has 0 unspecified atom stereocenters. The maximum Gasteiger partial charge on any atom is 0.422 e. The Hall–Kier alpha value is -1.96. The maximum absolute atomic E-state index is 13.8. The van der Waals surface area contributed by atoms with Gasteiger partial charge < -0.3 is 10.1 Å². The van der Waals surface area contributed by atoms with Gasteiger partial charge in [0.2, 0.25) is 0 Å². The number of aryl methyl sites for hydroxylation is 1. The molecule has 2 aromatic heterocycles. The number of nitrogens with one attached hydrogen (secondary N) is 1. The Labute approximate surface area is 103 Å². The molecule has 0 aliphatic heterocycles. The van der Waals surface area contributed by atoms with E-state index in [0.29, 0.717) is 0 Å². The summed E-state index contributed by atoms with van der Waals surface area (Å²) in [5, 5.41) is 8.85. The molecule has 0 aromatic carbocycles. The molecular weight excluding hydrogens is 268 g/mol. The molecule has 2 rings (SSSR count). The highest BCUT2D eigenvalue weighted by Crippen LogP contribution is 2.31. The van der Waals surface area contributed by atoms with Crippen molar-refractivity contribution in [1.82, 2.24) is 9.97 Å². The number of aromatic amines is 1. The molecule has 0 aliphatic rings. The first-order valence-corrected chi connectivity index (χ1v) is 5.15. The number of nitrogens with zero attached hydrogens (tertiary/aromatic N) is 1. The maximum atomic E-state index is 13.8. The van der Waals surface area contributed by atoms with Crippen molar-refractivity contribution in [3.63, 3.8) is 0 Å². The van der Waals surface area contributed by atoms with Crippen molar-refractivity contribution in [3.8, 4) is 0 Å². The Bertz CT molecular complexity index is 706. The van der Waals surface area contributed by atoms with E-state index < -0.39 is 40.8 Å². The average molecular weight is 276 g/mol. The van der Waals surface area contributed by atoms with Crippen molar-refractivity contribution < 1.29 is 22.7 Å². The average Bonchev–Trinajstić information content (AvgIpc) is 2.29. The van der Waals surface area contributed by atoms with E-state index in [-0.39, 0.29) is 11.1 Å². The van der Waals surface area contributed by atoms with E-state index in [2.05, 4.69) is 4.98 Å². The van der Waals surface area contributed by atoms with E-state index in [4.69, 9.17) is 5.11 Å². The molecule has 0 saturated heterocycles. The van der Waals surface area contributed by atoms with Crippen molar-refractivity contribution in [2.24, 2.45) is 0 Å². The monoisotopic (exact) mass is 276 g/mol. The molecule has 0 bridgehead atoms. The topological polar surface area (TPSA) is 66.0 Å². The smallest absolute Gasteiger partial charge is 0.392 e. The van der Waals surface area contributed by atoms with Gasteiger partial charge in [-0.15, -0.1) is 0 Å². The lowest BCUT2D eigenvalue weighted by molar-refractivity contribution is -0.139. The minimum absolute atomic E-state index is 0.206. The molecule has 2 heterocycles. The van der Waals surface area contributed by atoms with Crippen LogP contribution in [-0.4, -0.2) is 15.1 Å². The first-order valence-electron chi connectivity index (χ1n) is 5.15. The summed E-state index contributed by atoms with van der Waals surface area (Å²) in [5.74, 6) is -0.985. The fourth-order valence-corrected chi connectivity index (χ4v) is 1.84. The van der Waals surface area contributed by atoms with Gasteiger partial charge in [-0.2, -0.15) is 13.2 Å². The number of fused-ring (bicyclic) bond motifs is 1. The number of H-pyrrole nitrogens is 1. The van der Waals surface area contributed by atoms with Gasteiger partial charge in [-0.1, -0.05) is 0 Å². The van der Waals surface area contributed by atoms with Gasteiger partial charge in [0.05, 0.1) is 12.1 Å². The molecule has 2 N–H and O–H groups in total. The fourth-order valence-electron chi connectivity index (χ4n) is 1.84. The van der Waals surface area contributed by atoms with E-state index in [1.807, 2.05) is 4.98 Å². The number of halogens is 4. The van der Waals surface area contributed by atoms with Gasteiger partial charge in [0.1, 0.15) is 11.1 Å². The van der Waals surface area contributed by atoms with Crippen LogP contribution < -0.4 is 5.56 Å². The van der Waals surface area contributed by atoms with Crippen molar-refractivity contribution in [2.45, 2.75) is 19.7 Å². The first kappa shape index (κ1) is 13.5. The van der Waals surface area contributed by atoms with Crippen LogP contribution in [0.3, 0.4) is 0 Å². The van der Waals surface area contributed by atoms with Crippen LogP contribution >= 0.6 is 0 Å². The summed E-state index contributed by atoms with van der Waals surface area (Å²) in [5.41, 5.74) is -4.22. The van der Waals surface area contributed by atoms with E-state index >= 15 is 0 Å². The zero-order valence-corrected chi connectivity index (χ0v) is 9.60. The highest BCUT2D eigenvalue weighted by molar-refractivity contribution is 5.79. The van der Waals surface area contributed by atoms with Crippen molar-refractivity contribution in [1.29, 1.82) is 0 Å². The lowest BCUT2D eigenvalue weighted by atomic mass is 10.1. The predicted molar refractivity (Wildman–Crippen MR) is 58.0 cm³/mol. The van der Waals surface area contributed by atoms with Gasteiger partial charge in [-0.05, 0) is 12.5 Å². The molecule has 8 heteroatoms. The van der Waals surface area contributed by atoms with E-state index in [9.17, 15) is 22.4 Å². The zero-order chi connectivity index (χ0) is 14.4. The minimum Gasteiger partial charge on any atom is -0.392 e. The number of hydrogen-bond donors (Lipinski definition) is 2. The molecule has 19 heavy (non-hydrogen) atoms. The fraction of sp³-hybridized carbons (Fsp3) is 0.273. The van der Waals surface area contributed by atoms with Crippen LogP contribution in [0.1, 0.15) is 16.7 Å². The Morgan fingerprint density at radius 1 is 1.42 bits per heavy atom. The molecule has 0 amide bonds. The molecule has 0 atom stereocenters. The van der Waals surface area contributed by atoms with Crippen LogP contribution in [0.25, 0.3) is 11.0 Å². The Kier molecular flexibility index (Phi) is 3.05. The molecule has 102 valence electrons. The second-order valence-corrected chi connectivity index (χ2v) is 3.93. The largest absolute Gasteiger partial charge is 0.422 e. The van der Waals surface area contributed by atoms with Gasteiger partial charge in [0.15, 0.2) is 5.82 Å². The number of aliphatic hydroxyl groups excluding tert-OH is 1. The molecule has 0 fully saturated rings. The SMILES string of the molecule is Cc1c(C(F)(F)F)c(=O)[nH]c2c(F)c(CO)cnc12. The second kappa shape index (κ2) is 4.30. The number of rotatable bonds is 1. The van der Waals surface area contributed by atoms with Gasteiger partial charge in [-0.3, -0.25) is 9.78 Å². The summed E-state index contributed by atoms with van der Waals surface area (Å²) in [6.45, 7) is 0.377. The Balaban J connectivity index is 2.93. The van der Waals surface area contributed by atoms with Crippen molar-refractivity contribution >= 4 is 11.0 Å². The summed E-state index contributed by atoms with van der Waals surface area (Å²) in [6.07, 6.45) is -3.91. The van der Waals surface area contributed by atoms with Gasteiger partial charge in [0.25, 0.3) is 5.56 Å². The number of hydrogen-bond acceptors (Lipinski definition) is 3. The number of aliphatic hydroxyl groups is 1. The van der Waals surface area contributed by atoms with Crippen LogP contribution in [0.15, 0.2) is 11.0 Å².